The van der Waals surface area contributed by atoms with Crippen molar-refractivity contribution in [3.8, 4) is 0 Å². The maximum atomic E-state index is 11.4. The molecule has 13 heavy (non-hydrogen) atoms. The number of hydrazine groups is 1. The van der Waals surface area contributed by atoms with Crippen molar-refractivity contribution in [2.45, 2.75) is 0 Å². The smallest absolute Gasteiger partial charge is 0.278 e. The molecule has 74 valence electrons. The Morgan fingerprint density at radius 3 is 2.23 bits per heavy atom. The summed E-state index contributed by atoms with van der Waals surface area (Å²) < 4.78 is 0. The standard InChI is InChI=1S/C8H15N3O2/c1-5-6-11(9(2)3)8(13)10(4)7-12/h5,7H,1,6H2,2-4H3. The van der Waals surface area contributed by atoms with E-state index in [0.717, 1.165) is 4.90 Å². The lowest BCUT2D eigenvalue weighted by Gasteiger charge is -2.29. The summed E-state index contributed by atoms with van der Waals surface area (Å²) in [6, 6.07) is -0.375. The van der Waals surface area contributed by atoms with Crippen molar-refractivity contribution in [3.63, 3.8) is 0 Å². The van der Waals surface area contributed by atoms with Crippen LogP contribution in [0.3, 0.4) is 0 Å². The molecule has 0 spiro atoms. The van der Waals surface area contributed by atoms with E-state index < -0.39 is 0 Å². The second kappa shape index (κ2) is 5.31. The third-order valence-corrected chi connectivity index (χ3v) is 1.47. The molecule has 0 aliphatic carbocycles. The highest BCUT2D eigenvalue weighted by Crippen LogP contribution is 1.97. The summed E-state index contributed by atoms with van der Waals surface area (Å²) in [6.45, 7) is 3.90. The highest BCUT2D eigenvalue weighted by atomic mass is 16.2. The molecule has 0 N–H and O–H groups in total. The Hall–Kier alpha value is -1.36. The molecular formula is C8H15N3O2. The fourth-order valence-electron chi connectivity index (χ4n) is 0.762. The molecular weight excluding hydrogens is 170 g/mol. The van der Waals surface area contributed by atoms with Crippen LogP contribution in [0.2, 0.25) is 0 Å². The number of carbonyl (C=O) groups excluding carboxylic acids is 2. The Morgan fingerprint density at radius 2 is 1.92 bits per heavy atom. The molecule has 5 heteroatoms. The van der Waals surface area contributed by atoms with Gasteiger partial charge in [0, 0.05) is 21.1 Å². The Bertz CT molecular complexity index is 204. The molecule has 5 nitrogen and oxygen atoms in total. The number of imide groups is 1. The number of carbonyl (C=O) groups is 2. The lowest BCUT2D eigenvalue weighted by atomic mass is 10.6. The number of rotatable bonds is 4. The van der Waals surface area contributed by atoms with Gasteiger partial charge in [0.25, 0.3) is 0 Å². The van der Waals surface area contributed by atoms with Crippen LogP contribution in [0.4, 0.5) is 4.79 Å². The van der Waals surface area contributed by atoms with Gasteiger partial charge in [-0.15, -0.1) is 6.58 Å². The average molecular weight is 185 g/mol. The zero-order valence-corrected chi connectivity index (χ0v) is 8.23. The van der Waals surface area contributed by atoms with Crippen LogP contribution < -0.4 is 0 Å². The van der Waals surface area contributed by atoms with Gasteiger partial charge in [0.05, 0.1) is 6.54 Å². The second-order valence-electron chi connectivity index (χ2n) is 2.72. The van der Waals surface area contributed by atoms with Crippen LogP contribution in [-0.4, -0.2) is 55.0 Å². The van der Waals surface area contributed by atoms with Crippen molar-refractivity contribution in [1.82, 2.24) is 14.9 Å². The summed E-state index contributed by atoms with van der Waals surface area (Å²) in [7, 11) is 4.86. The van der Waals surface area contributed by atoms with Crippen LogP contribution in [0.1, 0.15) is 0 Å². The van der Waals surface area contributed by atoms with Crippen LogP contribution in [-0.2, 0) is 4.79 Å². The van der Waals surface area contributed by atoms with E-state index in [-0.39, 0.29) is 6.03 Å². The lowest BCUT2D eigenvalue weighted by Crippen LogP contribution is -2.47. The van der Waals surface area contributed by atoms with Gasteiger partial charge < -0.3 is 0 Å². The number of amides is 3. The molecule has 0 bridgehead atoms. The van der Waals surface area contributed by atoms with E-state index in [2.05, 4.69) is 6.58 Å². The van der Waals surface area contributed by atoms with E-state index in [1.54, 1.807) is 25.2 Å². The summed E-state index contributed by atoms with van der Waals surface area (Å²) in [5.41, 5.74) is 0. The molecule has 0 aromatic rings. The third kappa shape index (κ3) is 3.25. The monoisotopic (exact) mass is 185 g/mol. The van der Waals surface area contributed by atoms with Gasteiger partial charge >= 0.3 is 6.03 Å². The Kier molecular flexibility index (Phi) is 4.76. The van der Waals surface area contributed by atoms with Crippen LogP contribution in [0, 0.1) is 0 Å². The van der Waals surface area contributed by atoms with Crippen LogP contribution in [0.25, 0.3) is 0 Å². The van der Waals surface area contributed by atoms with Crippen molar-refractivity contribution in [2.75, 3.05) is 27.7 Å². The predicted octanol–water partition coefficient (Wildman–Crippen LogP) is 0.159. The van der Waals surface area contributed by atoms with Gasteiger partial charge in [-0.25, -0.2) is 9.80 Å². The molecule has 0 radical (unpaired) electrons. The first-order chi connectivity index (χ1) is 6.04. The molecule has 0 atom stereocenters. The third-order valence-electron chi connectivity index (χ3n) is 1.47. The van der Waals surface area contributed by atoms with E-state index >= 15 is 0 Å². The fourth-order valence-corrected chi connectivity index (χ4v) is 0.762. The van der Waals surface area contributed by atoms with Crippen LogP contribution in [0.15, 0.2) is 12.7 Å². The summed E-state index contributed by atoms with van der Waals surface area (Å²) in [4.78, 5) is 22.7. The van der Waals surface area contributed by atoms with Gasteiger partial charge in [-0.05, 0) is 0 Å². The zero-order chi connectivity index (χ0) is 10.4. The Morgan fingerprint density at radius 1 is 1.38 bits per heavy atom. The first-order valence-corrected chi connectivity index (χ1v) is 3.82. The van der Waals surface area contributed by atoms with E-state index in [0.29, 0.717) is 13.0 Å². The minimum atomic E-state index is -0.375. The molecule has 0 saturated heterocycles. The molecule has 0 aromatic heterocycles. The highest BCUT2D eigenvalue weighted by molar-refractivity contribution is 5.84. The van der Waals surface area contributed by atoms with Gasteiger partial charge in [-0.2, -0.15) is 0 Å². The Labute approximate surface area is 78.2 Å². The normalized spacial score (nSPS) is 9.54. The minimum Gasteiger partial charge on any atom is -0.278 e. The van der Waals surface area contributed by atoms with Gasteiger partial charge in [-0.3, -0.25) is 14.7 Å². The quantitative estimate of drug-likeness (QED) is 0.356. The molecule has 0 heterocycles. The SMILES string of the molecule is C=CCN(C(=O)N(C)C=O)N(C)C. The topological polar surface area (TPSA) is 43.9 Å². The number of hydrogen-bond donors (Lipinski definition) is 0. The minimum absolute atomic E-state index is 0.375. The van der Waals surface area contributed by atoms with Crippen molar-refractivity contribution in [1.29, 1.82) is 0 Å². The van der Waals surface area contributed by atoms with E-state index in [1.165, 1.54) is 12.1 Å². The van der Waals surface area contributed by atoms with Crippen LogP contribution in [0.5, 0.6) is 0 Å². The van der Waals surface area contributed by atoms with Gasteiger partial charge in [0.15, 0.2) is 0 Å². The summed E-state index contributed by atoms with van der Waals surface area (Å²) >= 11 is 0. The lowest BCUT2D eigenvalue weighted by molar-refractivity contribution is -0.115. The van der Waals surface area contributed by atoms with Crippen molar-refractivity contribution in [3.05, 3.63) is 12.7 Å². The molecule has 3 amide bonds. The summed E-state index contributed by atoms with van der Waals surface area (Å²) in [5, 5.41) is 2.99. The molecule has 0 fully saturated rings. The molecule has 0 aliphatic rings. The molecule has 0 saturated carbocycles. The van der Waals surface area contributed by atoms with Crippen molar-refractivity contribution in [2.24, 2.45) is 0 Å². The van der Waals surface area contributed by atoms with Crippen molar-refractivity contribution < 1.29 is 9.59 Å². The average Bonchev–Trinajstić information content (AvgIpc) is 2.11. The number of nitrogens with zero attached hydrogens (tertiary/aromatic N) is 3. The largest absolute Gasteiger partial charge is 0.341 e. The molecule has 0 rings (SSSR count). The molecule has 0 aromatic carbocycles. The number of hydrogen-bond acceptors (Lipinski definition) is 3. The van der Waals surface area contributed by atoms with Crippen LogP contribution >= 0.6 is 0 Å². The van der Waals surface area contributed by atoms with E-state index in [9.17, 15) is 9.59 Å². The summed E-state index contributed by atoms with van der Waals surface area (Å²) in [5.74, 6) is 0. The maximum Gasteiger partial charge on any atom is 0.341 e. The maximum absolute atomic E-state index is 11.4. The fraction of sp³-hybridized carbons (Fsp3) is 0.500. The second-order valence-corrected chi connectivity index (χ2v) is 2.72. The first kappa shape index (κ1) is 11.6. The van der Waals surface area contributed by atoms with Gasteiger partial charge in [0.2, 0.25) is 6.41 Å². The van der Waals surface area contributed by atoms with Crippen molar-refractivity contribution >= 4 is 12.4 Å². The first-order valence-electron chi connectivity index (χ1n) is 3.82. The van der Waals surface area contributed by atoms with Gasteiger partial charge in [-0.1, -0.05) is 6.08 Å². The Balaban J connectivity index is 4.44. The summed E-state index contributed by atoms with van der Waals surface area (Å²) in [6.07, 6.45) is 2.07. The highest BCUT2D eigenvalue weighted by Gasteiger charge is 2.17. The molecule has 0 aliphatic heterocycles. The van der Waals surface area contributed by atoms with Gasteiger partial charge in [0.1, 0.15) is 0 Å². The zero-order valence-electron chi connectivity index (χ0n) is 8.23. The van der Waals surface area contributed by atoms with E-state index in [4.69, 9.17) is 0 Å². The van der Waals surface area contributed by atoms with E-state index in [1.807, 2.05) is 0 Å². The molecule has 0 unspecified atom stereocenters. The number of urea groups is 1. The predicted molar refractivity (Wildman–Crippen MR) is 49.8 cm³/mol.